The maximum atomic E-state index is 11.9. The van der Waals surface area contributed by atoms with E-state index >= 15 is 0 Å². The number of nitrogens with one attached hydrogen (secondary N) is 1. The van der Waals surface area contributed by atoms with E-state index in [1.165, 1.54) is 0 Å². The first-order valence-corrected chi connectivity index (χ1v) is 6.02. The molecule has 2 N–H and O–H groups in total. The molecule has 19 heavy (non-hydrogen) atoms. The summed E-state index contributed by atoms with van der Waals surface area (Å²) in [4.78, 5) is 16.2. The van der Waals surface area contributed by atoms with Gasteiger partial charge in [-0.1, -0.05) is 30.3 Å². The largest absolute Gasteiger partial charge is 0.395 e. The number of likely N-dealkylation sites (N-methyl/N-ethyl adjacent to an activating group) is 1. The normalized spacial score (nSPS) is 10.4. The van der Waals surface area contributed by atoms with Crippen molar-refractivity contribution in [2.75, 3.05) is 25.1 Å². The van der Waals surface area contributed by atoms with Gasteiger partial charge >= 0.3 is 0 Å². The molecular weight excluding hydrogens is 244 g/mol. The molecule has 100 valence electrons. The van der Waals surface area contributed by atoms with Crippen LogP contribution in [-0.2, 0) is 6.42 Å². The summed E-state index contributed by atoms with van der Waals surface area (Å²) in [6, 6.07) is 9.63. The highest BCUT2D eigenvalue weighted by Crippen LogP contribution is 2.04. The fourth-order valence-electron chi connectivity index (χ4n) is 1.68. The van der Waals surface area contributed by atoms with E-state index in [1.807, 2.05) is 30.3 Å². The number of benzene rings is 1. The Kier molecular flexibility index (Phi) is 4.25. The first-order valence-electron chi connectivity index (χ1n) is 6.02. The average molecular weight is 260 g/mol. The fraction of sp³-hybridized carbons (Fsp3) is 0.308. The average Bonchev–Trinajstić information content (AvgIpc) is 2.42. The third-order valence-electron chi connectivity index (χ3n) is 2.76. The lowest BCUT2D eigenvalue weighted by Crippen LogP contribution is -2.28. The molecule has 0 saturated heterocycles. The van der Waals surface area contributed by atoms with Gasteiger partial charge in [0.2, 0.25) is 5.95 Å². The van der Waals surface area contributed by atoms with Crippen molar-refractivity contribution >= 4 is 5.95 Å². The summed E-state index contributed by atoms with van der Waals surface area (Å²) in [6.07, 6.45) is 0.452. The lowest BCUT2D eigenvalue weighted by Gasteiger charge is -2.14. The predicted molar refractivity (Wildman–Crippen MR) is 72.3 cm³/mol. The van der Waals surface area contributed by atoms with Crippen LogP contribution in [0.1, 0.15) is 11.3 Å². The molecule has 2 aromatic rings. The number of H-pyrrole nitrogens is 1. The van der Waals surface area contributed by atoms with Crippen molar-refractivity contribution < 1.29 is 5.11 Å². The number of aromatic nitrogens is 3. The van der Waals surface area contributed by atoms with Gasteiger partial charge < -0.3 is 10.0 Å². The molecule has 6 nitrogen and oxygen atoms in total. The van der Waals surface area contributed by atoms with E-state index in [9.17, 15) is 4.79 Å². The summed E-state index contributed by atoms with van der Waals surface area (Å²) < 4.78 is 0. The second kappa shape index (κ2) is 6.10. The Morgan fingerprint density at radius 3 is 2.63 bits per heavy atom. The lowest BCUT2D eigenvalue weighted by molar-refractivity contribution is 0.303. The molecule has 0 bridgehead atoms. The van der Waals surface area contributed by atoms with Crippen LogP contribution in [0.4, 0.5) is 5.95 Å². The second-order valence-corrected chi connectivity index (χ2v) is 4.23. The molecule has 0 atom stereocenters. The minimum Gasteiger partial charge on any atom is -0.395 e. The molecule has 2 rings (SSSR count). The van der Waals surface area contributed by atoms with Crippen LogP contribution >= 0.6 is 0 Å². The zero-order valence-electron chi connectivity index (χ0n) is 10.7. The van der Waals surface area contributed by atoms with E-state index in [0.29, 0.717) is 24.6 Å². The first-order chi connectivity index (χ1) is 9.20. The summed E-state index contributed by atoms with van der Waals surface area (Å²) in [5, 5.41) is 16.8. The number of rotatable bonds is 5. The number of aliphatic hydroxyl groups is 1. The molecule has 0 radical (unpaired) electrons. The Bertz CT molecular complexity index is 583. The van der Waals surface area contributed by atoms with Gasteiger partial charge in [-0.15, -0.1) is 10.2 Å². The van der Waals surface area contributed by atoms with Gasteiger partial charge in [-0.3, -0.25) is 9.78 Å². The third kappa shape index (κ3) is 3.38. The zero-order valence-corrected chi connectivity index (χ0v) is 10.7. The maximum absolute atomic E-state index is 11.9. The molecule has 0 aliphatic rings. The standard InChI is InChI=1S/C13H16N4O2/c1-17(7-8-18)13-14-12(19)11(15-16-13)9-10-5-3-2-4-6-10/h2-6,18H,7-9H2,1H3,(H,14,16,19). The van der Waals surface area contributed by atoms with Crippen molar-refractivity contribution in [3.63, 3.8) is 0 Å². The molecule has 0 fully saturated rings. The van der Waals surface area contributed by atoms with Crippen molar-refractivity contribution in [1.82, 2.24) is 15.2 Å². The third-order valence-corrected chi connectivity index (χ3v) is 2.76. The molecule has 0 amide bonds. The highest BCUT2D eigenvalue weighted by Gasteiger charge is 2.08. The summed E-state index contributed by atoms with van der Waals surface area (Å²) in [5.74, 6) is 0.357. The van der Waals surface area contributed by atoms with Crippen LogP contribution in [0.2, 0.25) is 0 Å². The summed E-state index contributed by atoms with van der Waals surface area (Å²) in [5.41, 5.74) is 1.14. The molecule has 1 aromatic heterocycles. The van der Waals surface area contributed by atoms with Gasteiger partial charge in [-0.25, -0.2) is 0 Å². The van der Waals surface area contributed by atoms with Crippen LogP contribution in [0.15, 0.2) is 35.1 Å². The van der Waals surface area contributed by atoms with Gasteiger partial charge in [0.25, 0.3) is 5.56 Å². The molecular formula is C13H16N4O2. The Hall–Kier alpha value is -2.21. The number of anilines is 1. The minimum absolute atomic E-state index is 0.00796. The van der Waals surface area contributed by atoms with Crippen LogP contribution in [0.25, 0.3) is 0 Å². The molecule has 0 aliphatic heterocycles. The van der Waals surface area contributed by atoms with Crippen molar-refractivity contribution in [3.8, 4) is 0 Å². The summed E-state index contributed by atoms with van der Waals surface area (Å²) in [6.45, 7) is 0.384. The van der Waals surface area contributed by atoms with E-state index in [0.717, 1.165) is 5.56 Å². The number of aliphatic hydroxyl groups excluding tert-OH is 1. The number of nitrogens with zero attached hydrogens (tertiary/aromatic N) is 3. The number of hydrogen-bond acceptors (Lipinski definition) is 5. The first kappa shape index (κ1) is 13.2. The predicted octanol–water partition coefficient (Wildman–Crippen LogP) is 0.184. The Labute approximate surface area is 110 Å². The monoisotopic (exact) mass is 260 g/mol. The fourth-order valence-corrected chi connectivity index (χ4v) is 1.68. The maximum Gasteiger partial charge on any atom is 0.274 e. The van der Waals surface area contributed by atoms with Gasteiger partial charge in [-0.05, 0) is 5.56 Å². The molecule has 6 heteroatoms. The van der Waals surface area contributed by atoms with Crippen LogP contribution in [0.5, 0.6) is 0 Å². The SMILES string of the molecule is CN(CCO)c1nnc(Cc2ccccc2)c(=O)[nH]1. The lowest BCUT2D eigenvalue weighted by atomic mass is 10.1. The highest BCUT2D eigenvalue weighted by atomic mass is 16.3. The van der Waals surface area contributed by atoms with Gasteiger partial charge in [0.05, 0.1) is 6.61 Å². The van der Waals surface area contributed by atoms with Crippen molar-refractivity contribution in [1.29, 1.82) is 0 Å². The molecule has 0 spiro atoms. The van der Waals surface area contributed by atoms with Gasteiger partial charge in [0.15, 0.2) is 0 Å². The van der Waals surface area contributed by atoms with E-state index < -0.39 is 0 Å². The Morgan fingerprint density at radius 2 is 2.00 bits per heavy atom. The summed E-state index contributed by atoms with van der Waals surface area (Å²) >= 11 is 0. The topological polar surface area (TPSA) is 82.1 Å². The van der Waals surface area contributed by atoms with E-state index in [2.05, 4.69) is 15.2 Å². The van der Waals surface area contributed by atoms with Crippen molar-refractivity contribution in [3.05, 3.63) is 51.9 Å². The van der Waals surface area contributed by atoms with Gasteiger partial charge in [-0.2, -0.15) is 0 Å². The molecule has 0 saturated carbocycles. The minimum atomic E-state index is -0.251. The smallest absolute Gasteiger partial charge is 0.274 e. The Balaban J connectivity index is 2.18. The van der Waals surface area contributed by atoms with Crippen molar-refractivity contribution in [2.24, 2.45) is 0 Å². The van der Waals surface area contributed by atoms with Crippen LogP contribution < -0.4 is 10.5 Å². The zero-order chi connectivity index (χ0) is 13.7. The number of aromatic amines is 1. The molecule has 0 aliphatic carbocycles. The van der Waals surface area contributed by atoms with Crippen molar-refractivity contribution in [2.45, 2.75) is 6.42 Å². The van der Waals surface area contributed by atoms with E-state index in [-0.39, 0.29) is 12.2 Å². The molecule has 1 aromatic carbocycles. The van der Waals surface area contributed by atoms with E-state index in [4.69, 9.17) is 5.11 Å². The number of hydrogen-bond donors (Lipinski definition) is 2. The van der Waals surface area contributed by atoms with Crippen LogP contribution in [0.3, 0.4) is 0 Å². The highest BCUT2D eigenvalue weighted by molar-refractivity contribution is 5.27. The molecule has 0 unspecified atom stereocenters. The second-order valence-electron chi connectivity index (χ2n) is 4.23. The van der Waals surface area contributed by atoms with Gasteiger partial charge in [0.1, 0.15) is 5.69 Å². The van der Waals surface area contributed by atoms with Crippen LogP contribution in [-0.4, -0.2) is 40.5 Å². The molecule has 1 heterocycles. The quantitative estimate of drug-likeness (QED) is 0.801. The Morgan fingerprint density at radius 1 is 1.26 bits per heavy atom. The summed E-state index contributed by atoms with van der Waals surface area (Å²) in [7, 11) is 1.73. The van der Waals surface area contributed by atoms with Crippen LogP contribution in [0, 0.1) is 0 Å². The van der Waals surface area contributed by atoms with E-state index in [1.54, 1.807) is 11.9 Å². The van der Waals surface area contributed by atoms with Gasteiger partial charge in [0, 0.05) is 20.0 Å².